The second-order valence-corrected chi connectivity index (χ2v) is 11.6. The quantitative estimate of drug-likeness (QED) is 0.594. The molecule has 3 nitrogen and oxygen atoms in total. The number of rotatable bonds is 3. The van der Waals surface area contributed by atoms with Crippen LogP contribution in [-0.4, -0.2) is 36.5 Å². The molecule has 2 aliphatic heterocycles. The minimum Gasteiger partial charge on any atom is -0.339 e. The molecule has 4 heteroatoms. The molecule has 3 fully saturated rings. The van der Waals surface area contributed by atoms with Gasteiger partial charge in [-0.3, -0.25) is 4.79 Å². The van der Waals surface area contributed by atoms with Crippen molar-refractivity contribution >= 4 is 5.91 Å². The summed E-state index contributed by atoms with van der Waals surface area (Å²) >= 11 is 0. The number of nitrogens with zero attached hydrogens (tertiary/aromatic N) is 1. The molecule has 1 amide bonds. The molecule has 0 radical (unpaired) electrons. The molecular weight excluding hydrogens is 435 g/mol. The minimum atomic E-state index is -0.399. The number of aryl methyl sites for hydroxylation is 1. The largest absolute Gasteiger partial charge is 0.339 e. The van der Waals surface area contributed by atoms with Crippen molar-refractivity contribution in [3.63, 3.8) is 0 Å². The molecule has 1 saturated carbocycles. The van der Waals surface area contributed by atoms with E-state index in [-0.39, 0.29) is 17.6 Å². The van der Waals surface area contributed by atoms with E-state index < -0.39 is 5.41 Å². The summed E-state index contributed by atoms with van der Waals surface area (Å²) in [6, 6.07) is 16.7. The molecule has 2 aliphatic carbocycles. The van der Waals surface area contributed by atoms with Gasteiger partial charge in [0.05, 0.1) is 5.92 Å². The third-order valence-electron chi connectivity index (χ3n) is 9.81. The summed E-state index contributed by atoms with van der Waals surface area (Å²) in [7, 11) is 0. The molecular formula is C31H39FN2O. The second kappa shape index (κ2) is 9.69. The van der Waals surface area contributed by atoms with E-state index in [1.165, 1.54) is 37.7 Å². The van der Waals surface area contributed by atoms with Crippen molar-refractivity contribution in [1.82, 2.24) is 10.2 Å². The SMILES string of the molecule is O=C(C1CNCC12CCCc1cccc(F)c12)N1CCC(c2ccccc2)CC1C1CCCCC1. The zero-order valence-corrected chi connectivity index (χ0v) is 20.9. The molecule has 4 aliphatic rings. The van der Waals surface area contributed by atoms with E-state index >= 15 is 4.39 Å². The molecule has 6 rings (SSSR count). The average molecular weight is 475 g/mol. The molecule has 0 aromatic heterocycles. The van der Waals surface area contributed by atoms with Gasteiger partial charge in [0.15, 0.2) is 0 Å². The molecule has 2 saturated heterocycles. The van der Waals surface area contributed by atoms with E-state index in [0.29, 0.717) is 31.0 Å². The maximum Gasteiger partial charge on any atom is 0.228 e. The first kappa shape index (κ1) is 23.2. The number of benzene rings is 2. The minimum absolute atomic E-state index is 0.115. The summed E-state index contributed by atoms with van der Waals surface area (Å²) in [5, 5.41) is 3.54. The fourth-order valence-corrected chi connectivity index (χ4v) is 8.13. The van der Waals surface area contributed by atoms with Crippen molar-refractivity contribution in [2.24, 2.45) is 11.8 Å². The van der Waals surface area contributed by atoms with E-state index in [1.54, 1.807) is 6.07 Å². The number of amides is 1. The van der Waals surface area contributed by atoms with E-state index in [9.17, 15) is 4.79 Å². The maximum absolute atomic E-state index is 15.3. The first-order chi connectivity index (χ1) is 17.2. The first-order valence-corrected chi connectivity index (χ1v) is 14.0. The number of likely N-dealkylation sites (tertiary alicyclic amines) is 1. The van der Waals surface area contributed by atoms with Gasteiger partial charge in [-0.2, -0.15) is 0 Å². The Morgan fingerprint density at radius 1 is 0.971 bits per heavy atom. The molecule has 0 bridgehead atoms. The summed E-state index contributed by atoms with van der Waals surface area (Å²) < 4.78 is 15.3. The molecule has 1 spiro atoms. The van der Waals surface area contributed by atoms with Gasteiger partial charge in [0.1, 0.15) is 5.82 Å². The van der Waals surface area contributed by atoms with Gasteiger partial charge in [-0.25, -0.2) is 4.39 Å². The Balaban J connectivity index is 1.32. The Kier molecular flexibility index (Phi) is 6.43. The van der Waals surface area contributed by atoms with Gasteiger partial charge in [-0.15, -0.1) is 0 Å². The number of carbonyl (C=O) groups excluding carboxylic acids is 1. The van der Waals surface area contributed by atoms with Crippen LogP contribution in [0.3, 0.4) is 0 Å². The summed E-state index contributed by atoms with van der Waals surface area (Å²) in [4.78, 5) is 16.7. The topological polar surface area (TPSA) is 32.3 Å². The highest BCUT2D eigenvalue weighted by atomic mass is 19.1. The highest BCUT2D eigenvalue weighted by molar-refractivity contribution is 5.82. The highest BCUT2D eigenvalue weighted by Crippen LogP contribution is 2.48. The smallest absolute Gasteiger partial charge is 0.228 e. The number of hydrogen-bond acceptors (Lipinski definition) is 2. The lowest BCUT2D eigenvalue weighted by Gasteiger charge is -2.48. The van der Waals surface area contributed by atoms with Crippen LogP contribution < -0.4 is 5.32 Å². The van der Waals surface area contributed by atoms with Gasteiger partial charge in [-0.05, 0) is 79.5 Å². The summed E-state index contributed by atoms with van der Waals surface area (Å²) in [5.74, 6) is 1.12. The second-order valence-electron chi connectivity index (χ2n) is 11.6. The monoisotopic (exact) mass is 474 g/mol. The Bertz CT molecular complexity index is 1050. The molecule has 4 unspecified atom stereocenters. The fourth-order valence-electron chi connectivity index (χ4n) is 8.13. The van der Waals surface area contributed by atoms with Crippen LogP contribution in [0.4, 0.5) is 4.39 Å². The number of nitrogens with one attached hydrogen (secondary N) is 1. The van der Waals surface area contributed by atoms with Crippen molar-refractivity contribution in [2.45, 2.75) is 81.6 Å². The normalized spacial score (nSPS) is 31.5. The number of hydrogen-bond donors (Lipinski definition) is 1. The van der Waals surface area contributed by atoms with Crippen LogP contribution in [0.25, 0.3) is 0 Å². The molecule has 2 aromatic rings. The number of carbonyl (C=O) groups is 1. The molecule has 186 valence electrons. The van der Waals surface area contributed by atoms with E-state index in [4.69, 9.17) is 0 Å². The molecule has 1 N–H and O–H groups in total. The Hall–Kier alpha value is -2.20. The van der Waals surface area contributed by atoms with Crippen molar-refractivity contribution in [3.8, 4) is 0 Å². The maximum atomic E-state index is 15.3. The first-order valence-electron chi connectivity index (χ1n) is 14.0. The van der Waals surface area contributed by atoms with Crippen molar-refractivity contribution in [3.05, 3.63) is 71.0 Å². The van der Waals surface area contributed by atoms with Crippen molar-refractivity contribution in [1.29, 1.82) is 0 Å². The van der Waals surface area contributed by atoms with Crippen molar-refractivity contribution in [2.75, 3.05) is 19.6 Å². The standard InChI is InChI=1S/C31H39FN2O/c32-27-15-7-13-24-14-8-17-31(29(24)27)21-33-20-26(31)30(35)34-18-16-25(22-9-3-1-4-10-22)19-28(34)23-11-5-2-6-12-23/h1,3-4,7,9-10,13,15,23,25-26,28,33H,2,5-6,8,11-12,14,16-21H2. The fraction of sp³-hybridized carbons (Fsp3) is 0.581. The third-order valence-corrected chi connectivity index (χ3v) is 9.81. The zero-order chi connectivity index (χ0) is 23.8. The van der Waals surface area contributed by atoms with Crippen LogP contribution in [0, 0.1) is 17.7 Å². The van der Waals surface area contributed by atoms with Gasteiger partial charge < -0.3 is 10.2 Å². The number of fused-ring (bicyclic) bond motifs is 2. The lowest BCUT2D eigenvalue weighted by atomic mass is 9.63. The molecule has 35 heavy (non-hydrogen) atoms. The van der Waals surface area contributed by atoms with Crippen LogP contribution in [0.1, 0.15) is 80.4 Å². The molecule has 4 atom stereocenters. The number of piperidine rings is 1. The summed E-state index contributed by atoms with van der Waals surface area (Å²) in [5.41, 5.74) is 2.97. The van der Waals surface area contributed by atoms with Crippen molar-refractivity contribution < 1.29 is 9.18 Å². The van der Waals surface area contributed by atoms with Crippen LogP contribution in [-0.2, 0) is 16.6 Å². The van der Waals surface area contributed by atoms with Crippen LogP contribution in [0.2, 0.25) is 0 Å². The number of halogens is 1. The van der Waals surface area contributed by atoms with E-state index in [0.717, 1.165) is 49.8 Å². The summed E-state index contributed by atoms with van der Waals surface area (Å²) in [6.45, 7) is 2.21. The predicted octanol–water partition coefficient (Wildman–Crippen LogP) is 5.97. The van der Waals surface area contributed by atoms with Crippen LogP contribution in [0.5, 0.6) is 0 Å². The Morgan fingerprint density at radius 2 is 1.80 bits per heavy atom. The zero-order valence-electron chi connectivity index (χ0n) is 20.9. The Morgan fingerprint density at radius 3 is 2.63 bits per heavy atom. The lowest BCUT2D eigenvalue weighted by Crippen LogP contribution is -2.55. The molecule has 2 heterocycles. The molecule has 2 aromatic carbocycles. The lowest BCUT2D eigenvalue weighted by molar-refractivity contribution is -0.143. The Labute approximate surface area is 209 Å². The summed E-state index contributed by atoms with van der Waals surface area (Å²) in [6.07, 6.45) is 11.3. The highest BCUT2D eigenvalue weighted by Gasteiger charge is 2.53. The van der Waals surface area contributed by atoms with Gasteiger partial charge in [-0.1, -0.05) is 61.7 Å². The van der Waals surface area contributed by atoms with E-state index in [1.807, 2.05) is 6.07 Å². The van der Waals surface area contributed by atoms with E-state index in [2.05, 4.69) is 46.6 Å². The average Bonchev–Trinajstić information content (AvgIpc) is 3.32. The van der Waals surface area contributed by atoms with Gasteiger partial charge in [0.25, 0.3) is 0 Å². The predicted molar refractivity (Wildman–Crippen MR) is 138 cm³/mol. The third kappa shape index (κ3) is 4.12. The van der Waals surface area contributed by atoms with Crippen LogP contribution >= 0.6 is 0 Å². The van der Waals surface area contributed by atoms with Gasteiger partial charge in [0.2, 0.25) is 5.91 Å². The van der Waals surface area contributed by atoms with Gasteiger partial charge >= 0.3 is 0 Å². The van der Waals surface area contributed by atoms with Gasteiger partial charge in [0, 0.05) is 31.1 Å². The van der Waals surface area contributed by atoms with Crippen LogP contribution in [0.15, 0.2) is 48.5 Å².